The molecule has 0 fully saturated rings. The highest BCUT2D eigenvalue weighted by atomic mass is 16.2. The van der Waals surface area contributed by atoms with Crippen molar-refractivity contribution in [1.82, 2.24) is 5.32 Å². The summed E-state index contributed by atoms with van der Waals surface area (Å²) in [6, 6.07) is 18.7. The van der Waals surface area contributed by atoms with Gasteiger partial charge in [0.25, 0.3) is 0 Å². The first-order chi connectivity index (χ1) is 12.1. The Morgan fingerprint density at radius 2 is 1.76 bits per heavy atom. The second kappa shape index (κ2) is 9.24. The standard InChI is InChI=1S/C20H21N3O2/c1-16(24)23(19-9-7-18(15-21)8-10-19)14-12-20(25)22-13-11-17-5-3-2-4-6-17/h2-10H,11-14H2,1H3,(H,22,25). The van der Waals surface area contributed by atoms with Gasteiger partial charge >= 0.3 is 0 Å². The van der Waals surface area contributed by atoms with Crippen LogP contribution in [0.3, 0.4) is 0 Å². The molecule has 0 unspecified atom stereocenters. The maximum atomic E-state index is 12.0. The van der Waals surface area contributed by atoms with Gasteiger partial charge in [0.05, 0.1) is 11.6 Å². The van der Waals surface area contributed by atoms with E-state index in [0.717, 1.165) is 6.42 Å². The molecule has 0 saturated carbocycles. The van der Waals surface area contributed by atoms with Gasteiger partial charge in [0, 0.05) is 32.1 Å². The van der Waals surface area contributed by atoms with Crippen molar-refractivity contribution >= 4 is 17.5 Å². The van der Waals surface area contributed by atoms with E-state index in [4.69, 9.17) is 5.26 Å². The molecular weight excluding hydrogens is 314 g/mol. The Morgan fingerprint density at radius 1 is 1.08 bits per heavy atom. The molecule has 2 aromatic carbocycles. The van der Waals surface area contributed by atoms with Crippen LogP contribution in [0.4, 0.5) is 5.69 Å². The average Bonchev–Trinajstić information content (AvgIpc) is 2.63. The Bertz CT molecular complexity index is 749. The molecule has 5 heteroatoms. The van der Waals surface area contributed by atoms with Crippen molar-refractivity contribution in [3.63, 3.8) is 0 Å². The Balaban J connectivity index is 1.82. The molecule has 0 radical (unpaired) electrons. The summed E-state index contributed by atoms with van der Waals surface area (Å²) in [6.45, 7) is 2.34. The van der Waals surface area contributed by atoms with Gasteiger partial charge in [0.1, 0.15) is 0 Å². The van der Waals surface area contributed by atoms with Crippen LogP contribution in [-0.2, 0) is 16.0 Å². The summed E-state index contributed by atoms with van der Waals surface area (Å²) < 4.78 is 0. The van der Waals surface area contributed by atoms with Crippen LogP contribution in [0.15, 0.2) is 54.6 Å². The van der Waals surface area contributed by atoms with Crippen molar-refractivity contribution in [2.75, 3.05) is 18.0 Å². The fraction of sp³-hybridized carbons (Fsp3) is 0.250. The molecule has 0 heterocycles. The lowest BCUT2D eigenvalue weighted by molar-refractivity contribution is -0.121. The van der Waals surface area contributed by atoms with Crippen LogP contribution in [0.25, 0.3) is 0 Å². The largest absolute Gasteiger partial charge is 0.356 e. The number of benzene rings is 2. The zero-order valence-electron chi connectivity index (χ0n) is 14.2. The van der Waals surface area contributed by atoms with Gasteiger partial charge in [-0.25, -0.2) is 0 Å². The lowest BCUT2D eigenvalue weighted by Gasteiger charge is -2.21. The minimum Gasteiger partial charge on any atom is -0.356 e. The second-order valence-corrected chi connectivity index (χ2v) is 5.66. The molecular formula is C20H21N3O2. The second-order valence-electron chi connectivity index (χ2n) is 5.66. The van der Waals surface area contributed by atoms with E-state index >= 15 is 0 Å². The maximum absolute atomic E-state index is 12.0. The quantitative estimate of drug-likeness (QED) is 0.845. The maximum Gasteiger partial charge on any atom is 0.223 e. The third-order valence-electron chi connectivity index (χ3n) is 3.83. The Kier molecular flexibility index (Phi) is 6.73. The van der Waals surface area contributed by atoms with Crippen LogP contribution in [0.2, 0.25) is 0 Å². The van der Waals surface area contributed by atoms with Crippen molar-refractivity contribution in [2.45, 2.75) is 19.8 Å². The highest BCUT2D eigenvalue weighted by molar-refractivity contribution is 5.92. The molecule has 25 heavy (non-hydrogen) atoms. The van der Waals surface area contributed by atoms with E-state index in [1.54, 1.807) is 24.3 Å². The highest BCUT2D eigenvalue weighted by Crippen LogP contribution is 2.15. The molecule has 1 N–H and O–H groups in total. The Morgan fingerprint density at radius 3 is 2.36 bits per heavy atom. The minimum atomic E-state index is -0.137. The van der Waals surface area contributed by atoms with E-state index in [1.165, 1.54) is 17.4 Å². The van der Waals surface area contributed by atoms with Crippen LogP contribution in [0.5, 0.6) is 0 Å². The van der Waals surface area contributed by atoms with Gasteiger partial charge in [-0.05, 0) is 36.2 Å². The van der Waals surface area contributed by atoms with E-state index in [1.807, 2.05) is 36.4 Å². The van der Waals surface area contributed by atoms with Crippen LogP contribution in [-0.4, -0.2) is 24.9 Å². The fourth-order valence-corrected chi connectivity index (χ4v) is 2.48. The summed E-state index contributed by atoms with van der Waals surface area (Å²) in [5.41, 5.74) is 2.39. The molecule has 0 spiro atoms. The summed E-state index contributed by atoms with van der Waals surface area (Å²) in [5.74, 6) is -0.224. The molecule has 2 amide bonds. The molecule has 0 saturated heterocycles. The highest BCUT2D eigenvalue weighted by Gasteiger charge is 2.13. The van der Waals surface area contributed by atoms with Crippen LogP contribution in [0, 0.1) is 11.3 Å². The number of nitrogens with one attached hydrogen (secondary N) is 1. The number of amides is 2. The first-order valence-corrected chi connectivity index (χ1v) is 8.19. The van der Waals surface area contributed by atoms with Crippen LogP contribution in [0.1, 0.15) is 24.5 Å². The number of hydrogen-bond donors (Lipinski definition) is 1. The number of anilines is 1. The van der Waals surface area contributed by atoms with Gasteiger partial charge in [-0.15, -0.1) is 0 Å². The SMILES string of the molecule is CC(=O)N(CCC(=O)NCCc1ccccc1)c1ccc(C#N)cc1. The van der Waals surface area contributed by atoms with E-state index < -0.39 is 0 Å². The molecule has 128 valence electrons. The normalized spacial score (nSPS) is 9.92. The molecule has 0 bridgehead atoms. The zero-order chi connectivity index (χ0) is 18.1. The van der Waals surface area contributed by atoms with Crippen LogP contribution >= 0.6 is 0 Å². The van der Waals surface area contributed by atoms with Gasteiger partial charge in [-0.2, -0.15) is 5.26 Å². The molecule has 0 aliphatic carbocycles. The lowest BCUT2D eigenvalue weighted by atomic mass is 10.1. The smallest absolute Gasteiger partial charge is 0.223 e. The first kappa shape index (κ1) is 18.2. The van der Waals surface area contributed by atoms with Crippen molar-refractivity contribution in [3.8, 4) is 6.07 Å². The topological polar surface area (TPSA) is 73.2 Å². The number of nitrogens with zero attached hydrogens (tertiary/aromatic N) is 2. The third kappa shape index (κ3) is 5.78. The van der Waals surface area contributed by atoms with Crippen molar-refractivity contribution < 1.29 is 9.59 Å². The average molecular weight is 335 g/mol. The van der Waals surface area contributed by atoms with E-state index in [0.29, 0.717) is 24.3 Å². The number of carbonyl (C=O) groups is 2. The fourth-order valence-electron chi connectivity index (χ4n) is 2.48. The van der Waals surface area contributed by atoms with Gasteiger partial charge in [-0.3, -0.25) is 9.59 Å². The number of nitriles is 1. The third-order valence-corrected chi connectivity index (χ3v) is 3.83. The Hall–Kier alpha value is -3.13. The van der Waals surface area contributed by atoms with Crippen LogP contribution < -0.4 is 10.2 Å². The molecule has 0 aromatic heterocycles. The van der Waals surface area contributed by atoms with E-state index in [9.17, 15) is 9.59 Å². The lowest BCUT2D eigenvalue weighted by Crippen LogP contribution is -2.34. The monoisotopic (exact) mass is 335 g/mol. The number of rotatable bonds is 7. The van der Waals surface area contributed by atoms with Crippen molar-refractivity contribution in [1.29, 1.82) is 5.26 Å². The summed E-state index contributed by atoms with van der Waals surface area (Å²) in [4.78, 5) is 25.4. The van der Waals surface area contributed by atoms with Crippen molar-refractivity contribution in [2.24, 2.45) is 0 Å². The van der Waals surface area contributed by atoms with Crippen molar-refractivity contribution in [3.05, 3.63) is 65.7 Å². The number of hydrogen-bond acceptors (Lipinski definition) is 3. The Labute approximate surface area is 147 Å². The summed E-state index contributed by atoms with van der Waals surface area (Å²) in [5, 5.41) is 11.7. The van der Waals surface area contributed by atoms with E-state index in [-0.39, 0.29) is 18.2 Å². The molecule has 0 atom stereocenters. The molecule has 0 aliphatic heterocycles. The van der Waals surface area contributed by atoms with E-state index in [2.05, 4.69) is 5.32 Å². The minimum absolute atomic E-state index is 0.0872. The predicted molar refractivity (Wildman–Crippen MR) is 97.0 cm³/mol. The molecule has 0 aliphatic rings. The molecule has 2 rings (SSSR count). The number of carbonyl (C=O) groups excluding carboxylic acids is 2. The van der Waals surface area contributed by atoms with Gasteiger partial charge < -0.3 is 10.2 Å². The summed E-state index contributed by atoms with van der Waals surface area (Å²) in [7, 11) is 0. The zero-order valence-corrected chi connectivity index (χ0v) is 14.2. The van der Waals surface area contributed by atoms with Gasteiger partial charge in [0.2, 0.25) is 11.8 Å². The molecule has 2 aromatic rings. The summed E-state index contributed by atoms with van der Waals surface area (Å²) >= 11 is 0. The first-order valence-electron chi connectivity index (χ1n) is 8.19. The van der Waals surface area contributed by atoms with Gasteiger partial charge in [-0.1, -0.05) is 30.3 Å². The van der Waals surface area contributed by atoms with Gasteiger partial charge in [0.15, 0.2) is 0 Å². The summed E-state index contributed by atoms with van der Waals surface area (Å²) in [6.07, 6.45) is 1.01. The predicted octanol–water partition coefficient (Wildman–Crippen LogP) is 2.66. The molecule has 5 nitrogen and oxygen atoms in total.